The van der Waals surface area contributed by atoms with Crippen molar-refractivity contribution in [2.24, 2.45) is 5.41 Å². The summed E-state index contributed by atoms with van der Waals surface area (Å²) in [6.45, 7) is 13.4. The van der Waals surface area contributed by atoms with Gasteiger partial charge >= 0.3 is 0 Å². The van der Waals surface area contributed by atoms with Crippen LogP contribution in [-0.4, -0.2) is 36.6 Å². The third-order valence-corrected chi connectivity index (χ3v) is 5.33. The van der Waals surface area contributed by atoms with Crippen LogP contribution in [0.2, 0.25) is 0 Å². The molecule has 1 rings (SSSR count). The minimum Gasteiger partial charge on any atom is -0.303 e. The fourth-order valence-corrected chi connectivity index (χ4v) is 3.18. The predicted molar refractivity (Wildman–Crippen MR) is 85.6 cm³/mol. The van der Waals surface area contributed by atoms with Crippen molar-refractivity contribution in [3.8, 4) is 6.07 Å². The van der Waals surface area contributed by atoms with Gasteiger partial charge in [0.15, 0.2) is 0 Å². The smallest absolute Gasteiger partial charge is 0.106 e. The molecule has 0 aromatic carbocycles. The van der Waals surface area contributed by atoms with Crippen LogP contribution in [0, 0.1) is 16.7 Å². The highest BCUT2D eigenvalue weighted by molar-refractivity contribution is 5.06. The molecule has 20 heavy (non-hydrogen) atoms. The molecule has 1 heterocycles. The first-order chi connectivity index (χ1) is 9.53. The Morgan fingerprint density at radius 1 is 1.25 bits per heavy atom. The molecule has 3 heteroatoms. The van der Waals surface area contributed by atoms with Gasteiger partial charge in [0.1, 0.15) is 5.54 Å². The third kappa shape index (κ3) is 4.75. The van der Waals surface area contributed by atoms with Crippen molar-refractivity contribution in [1.82, 2.24) is 10.2 Å². The van der Waals surface area contributed by atoms with Crippen molar-refractivity contribution in [2.45, 2.75) is 71.8 Å². The fourth-order valence-electron chi connectivity index (χ4n) is 3.18. The molecular formula is C17H33N3. The highest BCUT2D eigenvalue weighted by atomic mass is 15.1. The second-order valence-electron chi connectivity index (χ2n) is 6.69. The molecule has 0 aliphatic carbocycles. The number of hydrogen-bond donors (Lipinski definition) is 1. The Labute approximate surface area is 125 Å². The Kier molecular flexibility index (Phi) is 6.99. The summed E-state index contributed by atoms with van der Waals surface area (Å²) in [6, 6.07) is 2.50. The Hall–Kier alpha value is -0.590. The second kappa shape index (κ2) is 8.00. The van der Waals surface area contributed by atoms with Crippen molar-refractivity contribution >= 4 is 0 Å². The molecule has 1 saturated heterocycles. The van der Waals surface area contributed by atoms with E-state index in [1.165, 1.54) is 32.4 Å². The lowest BCUT2D eigenvalue weighted by Gasteiger charge is -2.39. The molecule has 1 N–H and O–H groups in total. The van der Waals surface area contributed by atoms with Crippen molar-refractivity contribution in [3.63, 3.8) is 0 Å². The summed E-state index contributed by atoms with van der Waals surface area (Å²) in [5.41, 5.74) is 0.266. The molecule has 1 atom stereocenters. The summed E-state index contributed by atoms with van der Waals surface area (Å²) in [5, 5.41) is 12.8. The van der Waals surface area contributed by atoms with Crippen molar-refractivity contribution in [2.75, 3.05) is 26.2 Å². The Bertz CT molecular complexity index is 313. The lowest BCUT2D eigenvalue weighted by Crippen LogP contribution is -2.44. The largest absolute Gasteiger partial charge is 0.303 e. The molecule has 1 aliphatic heterocycles. The number of nitrogens with zero attached hydrogens (tertiary/aromatic N) is 2. The maximum absolute atomic E-state index is 9.42. The zero-order valence-electron chi connectivity index (χ0n) is 14.0. The van der Waals surface area contributed by atoms with E-state index < -0.39 is 0 Å². The highest BCUT2D eigenvalue weighted by Crippen LogP contribution is 2.34. The van der Waals surface area contributed by atoms with Crippen molar-refractivity contribution in [1.29, 1.82) is 5.26 Å². The molecule has 1 fully saturated rings. The average molecular weight is 279 g/mol. The van der Waals surface area contributed by atoms with E-state index in [9.17, 15) is 5.26 Å². The van der Waals surface area contributed by atoms with E-state index in [4.69, 9.17) is 0 Å². The summed E-state index contributed by atoms with van der Waals surface area (Å²) < 4.78 is 0. The molecule has 0 aromatic heterocycles. The van der Waals surface area contributed by atoms with Crippen LogP contribution in [0.4, 0.5) is 0 Å². The topological polar surface area (TPSA) is 39.1 Å². The minimum atomic E-state index is -0.303. The van der Waals surface area contributed by atoms with Gasteiger partial charge in [0.2, 0.25) is 0 Å². The maximum atomic E-state index is 9.42. The first-order valence-corrected chi connectivity index (χ1v) is 8.41. The average Bonchev–Trinajstić information content (AvgIpc) is 2.48. The molecular weight excluding hydrogens is 246 g/mol. The first-order valence-electron chi connectivity index (χ1n) is 8.41. The van der Waals surface area contributed by atoms with Gasteiger partial charge in [-0.15, -0.1) is 0 Å². The van der Waals surface area contributed by atoms with Gasteiger partial charge in [-0.1, -0.05) is 34.1 Å². The number of rotatable bonds is 8. The van der Waals surface area contributed by atoms with Crippen LogP contribution in [-0.2, 0) is 0 Å². The first kappa shape index (κ1) is 17.5. The van der Waals surface area contributed by atoms with Gasteiger partial charge in [0.05, 0.1) is 6.07 Å². The van der Waals surface area contributed by atoms with Crippen molar-refractivity contribution in [3.05, 3.63) is 0 Å². The van der Waals surface area contributed by atoms with Crippen LogP contribution >= 0.6 is 0 Å². The lowest BCUT2D eigenvalue weighted by molar-refractivity contribution is 0.111. The summed E-state index contributed by atoms with van der Waals surface area (Å²) in [6.07, 6.45) is 6.94. The monoisotopic (exact) mass is 279 g/mol. The lowest BCUT2D eigenvalue weighted by atomic mass is 9.78. The van der Waals surface area contributed by atoms with E-state index in [1.54, 1.807) is 0 Å². The highest BCUT2D eigenvalue weighted by Gasteiger charge is 2.29. The number of nitriles is 1. The molecule has 0 radical (unpaired) electrons. The molecule has 0 spiro atoms. The van der Waals surface area contributed by atoms with E-state index in [1.807, 2.05) is 0 Å². The van der Waals surface area contributed by atoms with Crippen LogP contribution in [0.1, 0.15) is 66.2 Å². The molecule has 1 aliphatic rings. The molecule has 0 amide bonds. The Morgan fingerprint density at radius 3 is 2.35 bits per heavy atom. The maximum Gasteiger partial charge on any atom is 0.106 e. The van der Waals surface area contributed by atoms with Gasteiger partial charge in [-0.05, 0) is 63.7 Å². The predicted octanol–water partition coefficient (Wildman–Crippen LogP) is 3.56. The number of piperidine rings is 1. The zero-order valence-corrected chi connectivity index (χ0v) is 14.0. The van der Waals surface area contributed by atoms with Crippen molar-refractivity contribution < 1.29 is 0 Å². The van der Waals surface area contributed by atoms with Crippen LogP contribution in [0.5, 0.6) is 0 Å². The SMILES string of the molecule is CCNC(C#N)(CC)CCCN1CCC(C)(CC)CC1. The Balaban J connectivity index is 2.33. The van der Waals surface area contributed by atoms with E-state index in [2.05, 4.69) is 44.0 Å². The second-order valence-corrected chi connectivity index (χ2v) is 6.69. The molecule has 116 valence electrons. The number of hydrogen-bond acceptors (Lipinski definition) is 3. The van der Waals surface area contributed by atoms with Crippen LogP contribution in [0.25, 0.3) is 0 Å². The zero-order chi connectivity index (χ0) is 15.1. The van der Waals surface area contributed by atoms with Gasteiger partial charge in [0, 0.05) is 0 Å². The van der Waals surface area contributed by atoms with E-state index in [0.29, 0.717) is 5.41 Å². The van der Waals surface area contributed by atoms with Gasteiger partial charge < -0.3 is 4.90 Å². The van der Waals surface area contributed by atoms with E-state index in [0.717, 1.165) is 32.4 Å². The minimum absolute atomic E-state index is 0.303. The molecule has 0 bridgehead atoms. The van der Waals surface area contributed by atoms with Gasteiger partial charge in [-0.25, -0.2) is 0 Å². The standard InChI is InChI=1S/C17H33N3/c1-5-16(4)10-13-20(14-11-16)12-8-9-17(6-2,15-18)19-7-3/h19H,5-14H2,1-4H3. The fraction of sp³-hybridized carbons (Fsp3) is 0.941. The quantitative estimate of drug-likeness (QED) is 0.738. The molecule has 0 aromatic rings. The third-order valence-electron chi connectivity index (χ3n) is 5.33. The van der Waals surface area contributed by atoms with E-state index in [-0.39, 0.29) is 5.54 Å². The summed E-state index contributed by atoms with van der Waals surface area (Å²) in [5.74, 6) is 0. The summed E-state index contributed by atoms with van der Waals surface area (Å²) >= 11 is 0. The van der Waals surface area contributed by atoms with Gasteiger partial charge in [-0.2, -0.15) is 5.26 Å². The summed E-state index contributed by atoms with van der Waals surface area (Å²) in [7, 11) is 0. The summed E-state index contributed by atoms with van der Waals surface area (Å²) in [4.78, 5) is 2.58. The number of nitrogens with one attached hydrogen (secondary N) is 1. The Morgan fingerprint density at radius 2 is 1.90 bits per heavy atom. The van der Waals surface area contributed by atoms with E-state index >= 15 is 0 Å². The van der Waals surface area contributed by atoms with Crippen LogP contribution < -0.4 is 5.32 Å². The molecule has 3 nitrogen and oxygen atoms in total. The number of likely N-dealkylation sites (tertiary alicyclic amines) is 1. The molecule has 1 unspecified atom stereocenters. The van der Waals surface area contributed by atoms with Gasteiger partial charge in [0.25, 0.3) is 0 Å². The molecule has 0 saturated carbocycles. The van der Waals surface area contributed by atoms with Gasteiger partial charge in [-0.3, -0.25) is 5.32 Å². The van der Waals surface area contributed by atoms with Crippen LogP contribution in [0.3, 0.4) is 0 Å². The van der Waals surface area contributed by atoms with Crippen LogP contribution in [0.15, 0.2) is 0 Å². The normalized spacial score (nSPS) is 22.1.